The normalized spacial score (nSPS) is 12.1. The van der Waals surface area contributed by atoms with Crippen LogP contribution in [0, 0.1) is 5.82 Å². The molecule has 1 heterocycles. The van der Waals surface area contributed by atoms with Gasteiger partial charge in [-0.1, -0.05) is 25.5 Å². The molecule has 0 aliphatic rings. The molecule has 0 radical (unpaired) electrons. The number of rotatable bonds is 7. The second kappa shape index (κ2) is 8.00. The minimum absolute atomic E-state index is 0.226. The molecule has 0 spiro atoms. The van der Waals surface area contributed by atoms with Gasteiger partial charge in [0, 0.05) is 18.3 Å². The second-order valence-corrected chi connectivity index (χ2v) is 6.03. The number of thiazole rings is 1. The first-order valence-electron chi connectivity index (χ1n) is 7.23. The van der Waals surface area contributed by atoms with Crippen molar-refractivity contribution in [2.24, 2.45) is 0 Å². The number of benzene rings is 1. The van der Waals surface area contributed by atoms with Crippen LogP contribution in [-0.2, 0) is 6.42 Å². The summed E-state index contributed by atoms with van der Waals surface area (Å²) in [6.07, 6.45) is 1.49. The molecule has 0 bridgehead atoms. The first kappa shape index (κ1) is 16.6. The summed E-state index contributed by atoms with van der Waals surface area (Å²) in [5, 5.41) is 14.7. The molecule has 2 rings (SSSR count). The standard InChI is InChI=1S/C16H19FN2O2S/c1-2-4-13(20)9-18-16(21)14-10-22-15(19-14)8-11-5-3-6-12(17)7-11/h3,5-7,10,13,20H,2,4,8-9H2,1H3,(H,18,21). The van der Waals surface area contributed by atoms with Gasteiger partial charge in [0.05, 0.1) is 11.1 Å². The molecule has 4 nitrogen and oxygen atoms in total. The largest absolute Gasteiger partial charge is 0.391 e. The van der Waals surface area contributed by atoms with Gasteiger partial charge in [0.15, 0.2) is 0 Å². The molecule has 0 saturated heterocycles. The lowest BCUT2D eigenvalue weighted by Gasteiger charge is -2.09. The zero-order chi connectivity index (χ0) is 15.9. The summed E-state index contributed by atoms with van der Waals surface area (Å²) in [7, 11) is 0. The molecule has 0 aliphatic heterocycles. The highest BCUT2D eigenvalue weighted by Crippen LogP contribution is 2.15. The molecule has 1 aromatic heterocycles. The van der Waals surface area contributed by atoms with Gasteiger partial charge in [-0.25, -0.2) is 9.37 Å². The number of aliphatic hydroxyl groups is 1. The minimum Gasteiger partial charge on any atom is -0.391 e. The summed E-state index contributed by atoms with van der Waals surface area (Å²) in [6, 6.07) is 6.33. The molecule has 118 valence electrons. The Morgan fingerprint density at radius 1 is 1.50 bits per heavy atom. The molecule has 6 heteroatoms. The lowest BCUT2D eigenvalue weighted by molar-refractivity contribution is 0.0906. The van der Waals surface area contributed by atoms with E-state index in [1.54, 1.807) is 11.4 Å². The quantitative estimate of drug-likeness (QED) is 0.824. The molecular formula is C16H19FN2O2S. The molecule has 1 amide bonds. The van der Waals surface area contributed by atoms with Gasteiger partial charge in [-0.05, 0) is 24.1 Å². The van der Waals surface area contributed by atoms with Crippen molar-refractivity contribution in [1.29, 1.82) is 0 Å². The smallest absolute Gasteiger partial charge is 0.270 e. The third kappa shape index (κ3) is 4.89. The summed E-state index contributed by atoms with van der Waals surface area (Å²) >= 11 is 1.37. The predicted octanol–water partition coefficient (Wildman–Crippen LogP) is 2.76. The Kier molecular flexibility index (Phi) is 6.03. The first-order valence-corrected chi connectivity index (χ1v) is 8.11. The fraction of sp³-hybridized carbons (Fsp3) is 0.375. The van der Waals surface area contributed by atoms with Crippen molar-refractivity contribution in [3.63, 3.8) is 0 Å². The van der Waals surface area contributed by atoms with Gasteiger partial charge in [-0.15, -0.1) is 11.3 Å². The highest BCUT2D eigenvalue weighted by molar-refractivity contribution is 7.09. The lowest BCUT2D eigenvalue weighted by atomic mass is 10.1. The molecule has 1 aromatic carbocycles. The number of aromatic nitrogens is 1. The van der Waals surface area contributed by atoms with Crippen LogP contribution >= 0.6 is 11.3 Å². The number of amides is 1. The average molecular weight is 322 g/mol. The van der Waals surface area contributed by atoms with E-state index in [2.05, 4.69) is 10.3 Å². The van der Waals surface area contributed by atoms with E-state index in [-0.39, 0.29) is 18.3 Å². The van der Waals surface area contributed by atoms with Crippen molar-refractivity contribution in [2.75, 3.05) is 6.54 Å². The molecule has 1 unspecified atom stereocenters. The molecule has 0 aliphatic carbocycles. The molecule has 22 heavy (non-hydrogen) atoms. The second-order valence-electron chi connectivity index (χ2n) is 5.09. The Morgan fingerprint density at radius 2 is 2.32 bits per heavy atom. The Hall–Kier alpha value is -1.79. The van der Waals surface area contributed by atoms with E-state index in [1.165, 1.54) is 23.5 Å². The number of hydrogen-bond acceptors (Lipinski definition) is 4. The van der Waals surface area contributed by atoms with Crippen molar-refractivity contribution >= 4 is 17.2 Å². The van der Waals surface area contributed by atoms with Gasteiger partial charge < -0.3 is 10.4 Å². The highest BCUT2D eigenvalue weighted by atomic mass is 32.1. The maximum absolute atomic E-state index is 13.1. The summed E-state index contributed by atoms with van der Waals surface area (Å²) in [4.78, 5) is 16.2. The zero-order valence-electron chi connectivity index (χ0n) is 12.4. The molecule has 0 saturated carbocycles. The first-order chi connectivity index (χ1) is 10.6. The van der Waals surface area contributed by atoms with Gasteiger partial charge >= 0.3 is 0 Å². The van der Waals surface area contributed by atoms with E-state index >= 15 is 0 Å². The van der Waals surface area contributed by atoms with Crippen molar-refractivity contribution in [2.45, 2.75) is 32.3 Å². The predicted molar refractivity (Wildman–Crippen MR) is 84.6 cm³/mol. The van der Waals surface area contributed by atoms with Crippen LogP contribution in [0.2, 0.25) is 0 Å². The Bertz CT molecular complexity index is 630. The monoisotopic (exact) mass is 322 g/mol. The van der Waals surface area contributed by atoms with Crippen LogP contribution < -0.4 is 5.32 Å². The maximum atomic E-state index is 13.1. The Morgan fingerprint density at radius 3 is 3.05 bits per heavy atom. The zero-order valence-corrected chi connectivity index (χ0v) is 13.2. The summed E-state index contributed by atoms with van der Waals surface area (Å²) in [5.74, 6) is -0.575. The Labute approximate surface area is 133 Å². The molecule has 1 atom stereocenters. The fourth-order valence-corrected chi connectivity index (χ4v) is 2.86. The van der Waals surface area contributed by atoms with Crippen LogP contribution in [0.1, 0.15) is 40.8 Å². The van der Waals surface area contributed by atoms with Crippen molar-refractivity contribution in [1.82, 2.24) is 10.3 Å². The molecule has 2 N–H and O–H groups in total. The van der Waals surface area contributed by atoms with Crippen molar-refractivity contribution in [3.05, 3.63) is 51.7 Å². The lowest BCUT2D eigenvalue weighted by Crippen LogP contribution is -2.32. The van der Waals surface area contributed by atoms with E-state index in [0.717, 1.165) is 17.0 Å². The summed E-state index contributed by atoms with van der Waals surface area (Å²) in [6.45, 7) is 2.20. The number of carbonyl (C=O) groups is 1. The summed E-state index contributed by atoms with van der Waals surface area (Å²) < 4.78 is 13.1. The number of nitrogens with one attached hydrogen (secondary N) is 1. The minimum atomic E-state index is -0.528. The van der Waals surface area contributed by atoms with Gasteiger partial charge in [0.25, 0.3) is 5.91 Å². The van der Waals surface area contributed by atoms with Gasteiger partial charge in [0.1, 0.15) is 11.5 Å². The number of nitrogens with zero attached hydrogens (tertiary/aromatic N) is 1. The topological polar surface area (TPSA) is 62.2 Å². The van der Waals surface area contributed by atoms with Crippen LogP contribution in [0.3, 0.4) is 0 Å². The van der Waals surface area contributed by atoms with Crippen LogP contribution in [0.15, 0.2) is 29.6 Å². The third-order valence-electron chi connectivity index (χ3n) is 3.15. The molecule has 2 aromatic rings. The molecule has 0 fully saturated rings. The summed E-state index contributed by atoms with van der Waals surface area (Å²) in [5.41, 5.74) is 1.15. The maximum Gasteiger partial charge on any atom is 0.270 e. The number of aliphatic hydroxyl groups excluding tert-OH is 1. The number of halogens is 1. The van der Waals surface area contributed by atoms with E-state index in [9.17, 15) is 14.3 Å². The van der Waals surface area contributed by atoms with Gasteiger partial charge in [-0.3, -0.25) is 4.79 Å². The van der Waals surface area contributed by atoms with E-state index in [1.807, 2.05) is 13.0 Å². The SMILES string of the molecule is CCCC(O)CNC(=O)c1csc(Cc2cccc(F)c2)n1. The Balaban J connectivity index is 1.92. The van der Waals surface area contributed by atoms with Gasteiger partial charge in [0.2, 0.25) is 0 Å². The van der Waals surface area contributed by atoms with Gasteiger partial charge in [-0.2, -0.15) is 0 Å². The third-order valence-corrected chi connectivity index (χ3v) is 4.00. The van der Waals surface area contributed by atoms with Crippen LogP contribution in [-0.4, -0.2) is 28.6 Å². The highest BCUT2D eigenvalue weighted by Gasteiger charge is 2.12. The van der Waals surface area contributed by atoms with E-state index in [0.29, 0.717) is 18.5 Å². The fourth-order valence-electron chi connectivity index (χ4n) is 2.05. The average Bonchev–Trinajstić information content (AvgIpc) is 2.94. The molecular weight excluding hydrogens is 303 g/mol. The number of carbonyl (C=O) groups excluding carboxylic acids is 1. The van der Waals surface area contributed by atoms with Crippen LogP contribution in [0.25, 0.3) is 0 Å². The van der Waals surface area contributed by atoms with E-state index < -0.39 is 6.10 Å². The van der Waals surface area contributed by atoms with Crippen molar-refractivity contribution in [3.8, 4) is 0 Å². The van der Waals surface area contributed by atoms with Crippen LogP contribution in [0.4, 0.5) is 4.39 Å². The van der Waals surface area contributed by atoms with Crippen LogP contribution in [0.5, 0.6) is 0 Å². The van der Waals surface area contributed by atoms with Crippen molar-refractivity contribution < 1.29 is 14.3 Å². The van der Waals surface area contributed by atoms with E-state index in [4.69, 9.17) is 0 Å². The number of hydrogen-bond donors (Lipinski definition) is 2.